The number of anilines is 1. The van der Waals surface area contributed by atoms with E-state index in [0.717, 1.165) is 5.82 Å². The first-order valence-corrected chi connectivity index (χ1v) is 11.4. The molecule has 2 fully saturated rings. The minimum atomic E-state index is -0.923. The van der Waals surface area contributed by atoms with Gasteiger partial charge < -0.3 is 24.8 Å². The third kappa shape index (κ3) is 4.35. The number of para-hydroxylation sites is 1. The van der Waals surface area contributed by atoms with E-state index in [1.54, 1.807) is 29.3 Å². The highest BCUT2D eigenvalue weighted by Crippen LogP contribution is 2.33. The SMILES string of the molecule is O=C1NC2(CCC(=O)N(CC(=O)N3CCN(c4ccccn4)CC3)CC2)Oc2ccccc21. The molecule has 1 unspecified atom stereocenters. The summed E-state index contributed by atoms with van der Waals surface area (Å²) in [6.07, 6.45) is 2.78. The number of carbonyl (C=O) groups excluding carboxylic acids is 3. The lowest BCUT2D eigenvalue weighted by atomic mass is 10.0. The quantitative estimate of drug-likeness (QED) is 0.758. The minimum Gasteiger partial charge on any atom is -0.467 e. The fourth-order valence-electron chi connectivity index (χ4n) is 4.67. The number of nitrogens with one attached hydrogen (secondary N) is 1. The lowest BCUT2D eigenvalue weighted by molar-refractivity contribution is -0.140. The molecule has 1 N–H and O–H groups in total. The monoisotopic (exact) mass is 449 g/mol. The van der Waals surface area contributed by atoms with Gasteiger partial charge in [-0.1, -0.05) is 18.2 Å². The zero-order valence-electron chi connectivity index (χ0n) is 18.4. The first-order chi connectivity index (χ1) is 16.0. The van der Waals surface area contributed by atoms with Crippen molar-refractivity contribution in [3.63, 3.8) is 0 Å². The van der Waals surface area contributed by atoms with Crippen LogP contribution >= 0.6 is 0 Å². The van der Waals surface area contributed by atoms with E-state index in [2.05, 4.69) is 15.2 Å². The lowest BCUT2D eigenvalue weighted by Crippen LogP contribution is -2.56. The van der Waals surface area contributed by atoms with Gasteiger partial charge in [0.15, 0.2) is 5.72 Å². The van der Waals surface area contributed by atoms with E-state index in [1.165, 1.54) is 0 Å². The van der Waals surface area contributed by atoms with E-state index >= 15 is 0 Å². The van der Waals surface area contributed by atoms with E-state index in [4.69, 9.17) is 4.74 Å². The maximum Gasteiger partial charge on any atom is 0.258 e. The Morgan fingerprint density at radius 2 is 1.79 bits per heavy atom. The van der Waals surface area contributed by atoms with Crippen molar-refractivity contribution >= 4 is 23.5 Å². The molecule has 0 aliphatic carbocycles. The summed E-state index contributed by atoms with van der Waals surface area (Å²) < 4.78 is 6.16. The Bertz CT molecular complexity index is 1050. The number of fused-ring (bicyclic) bond motifs is 1. The Kier molecular flexibility index (Phi) is 5.62. The van der Waals surface area contributed by atoms with Crippen LogP contribution in [0, 0.1) is 0 Å². The molecule has 172 valence electrons. The number of piperazine rings is 1. The molecule has 0 saturated carbocycles. The normalized spacial score (nSPS) is 23.0. The predicted molar refractivity (Wildman–Crippen MR) is 121 cm³/mol. The summed E-state index contributed by atoms with van der Waals surface area (Å²) in [4.78, 5) is 48.3. The maximum absolute atomic E-state index is 12.9. The third-order valence-electron chi connectivity index (χ3n) is 6.59. The van der Waals surface area contributed by atoms with Crippen LogP contribution in [0.2, 0.25) is 0 Å². The molecule has 1 aromatic carbocycles. The number of benzene rings is 1. The first kappa shape index (κ1) is 21.2. The number of pyridine rings is 1. The Balaban J connectivity index is 1.19. The molecule has 3 aliphatic heterocycles. The number of nitrogens with zero attached hydrogens (tertiary/aromatic N) is 4. The molecule has 33 heavy (non-hydrogen) atoms. The number of hydrogen-bond acceptors (Lipinski definition) is 6. The molecule has 5 rings (SSSR count). The molecule has 1 atom stereocenters. The second-order valence-corrected chi connectivity index (χ2v) is 8.67. The van der Waals surface area contributed by atoms with E-state index in [1.807, 2.05) is 29.2 Å². The highest BCUT2D eigenvalue weighted by atomic mass is 16.5. The molecule has 0 bridgehead atoms. The fraction of sp³-hybridized carbons (Fsp3) is 0.417. The zero-order valence-corrected chi connectivity index (χ0v) is 18.4. The topological polar surface area (TPSA) is 95.1 Å². The highest BCUT2D eigenvalue weighted by molar-refractivity contribution is 5.98. The van der Waals surface area contributed by atoms with Gasteiger partial charge in [-0.2, -0.15) is 0 Å². The van der Waals surface area contributed by atoms with Crippen molar-refractivity contribution in [1.82, 2.24) is 20.1 Å². The van der Waals surface area contributed by atoms with Crippen molar-refractivity contribution in [2.45, 2.75) is 25.0 Å². The molecular weight excluding hydrogens is 422 g/mol. The van der Waals surface area contributed by atoms with E-state index in [0.29, 0.717) is 56.9 Å². The minimum absolute atomic E-state index is 0.0447. The molecule has 3 aliphatic rings. The van der Waals surface area contributed by atoms with Gasteiger partial charge in [0, 0.05) is 58.2 Å². The largest absolute Gasteiger partial charge is 0.467 e. The predicted octanol–water partition coefficient (Wildman–Crippen LogP) is 1.26. The van der Waals surface area contributed by atoms with Gasteiger partial charge in [0.05, 0.1) is 12.1 Å². The van der Waals surface area contributed by atoms with Gasteiger partial charge in [0.25, 0.3) is 5.91 Å². The number of carbonyl (C=O) groups is 3. The average Bonchev–Trinajstić information content (AvgIpc) is 2.99. The van der Waals surface area contributed by atoms with Crippen molar-refractivity contribution < 1.29 is 19.1 Å². The molecule has 3 amide bonds. The Hall–Kier alpha value is -3.62. The fourth-order valence-corrected chi connectivity index (χ4v) is 4.67. The number of hydrogen-bond donors (Lipinski definition) is 1. The maximum atomic E-state index is 12.9. The van der Waals surface area contributed by atoms with Crippen molar-refractivity contribution in [2.75, 3.05) is 44.2 Å². The number of rotatable bonds is 3. The third-order valence-corrected chi connectivity index (χ3v) is 6.59. The second kappa shape index (κ2) is 8.73. The first-order valence-electron chi connectivity index (χ1n) is 11.4. The zero-order chi connectivity index (χ0) is 22.8. The summed E-state index contributed by atoms with van der Waals surface area (Å²) in [5.41, 5.74) is -0.428. The molecular formula is C24H27N5O4. The standard InChI is InChI=1S/C24H27N5O4/c30-21-8-9-24(26-23(32)18-5-1-2-6-19(18)33-24)10-12-29(21)17-22(31)28-15-13-27(14-16-28)20-7-3-4-11-25-20/h1-7,11H,8-10,12-17H2,(H,26,32). The molecule has 1 spiro atoms. The highest BCUT2D eigenvalue weighted by Gasteiger charge is 2.43. The molecule has 1 aromatic heterocycles. The second-order valence-electron chi connectivity index (χ2n) is 8.67. The van der Waals surface area contributed by atoms with Crippen LogP contribution in [0.4, 0.5) is 5.82 Å². The summed E-state index contributed by atoms with van der Waals surface area (Å²) in [5.74, 6) is 1.10. The summed E-state index contributed by atoms with van der Waals surface area (Å²) >= 11 is 0. The molecule has 2 aromatic rings. The van der Waals surface area contributed by atoms with Gasteiger partial charge in [-0.25, -0.2) is 4.98 Å². The average molecular weight is 450 g/mol. The Morgan fingerprint density at radius 3 is 2.58 bits per heavy atom. The van der Waals surface area contributed by atoms with E-state index in [-0.39, 0.29) is 30.7 Å². The van der Waals surface area contributed by atoms with Crippen molar-refractivity contribution in [3.05, 3.63) is 54.2 Å². The number of aromatic nitrogens is 1. The number of ether oxygens (including phenoxy) is 1. The lowest BCUT2D eigenvalue weighted by Gasteiger charge is -2.38. The van der Waals surface area contributed by atoms with Crippen LogP contribution in [0.25, 0.3) is 0 Å². The molecule has 9 nitrogen and oxygen atoms in total. The molecule has 9 heteroatoms. The van der Waals surface area contributed by atoms with Crippen LogP contribution in [-0.2, 0) is 9.59 Å². The van der Waals surface area contributed by atoms with Gasteiger partial charge in [-0.15, -0.1) is 0 Å². The van der Waals surface area contributed by atoms with Crippen LogP contribution in [0.1, 0.15) is 29.6 Å². The van der Waals surface area contributed by atoms with Crippen LogP contribution in [0.3, 0.4) is 0 Å². The van der Waals surface area contributed by atoms with Crippen LogP contribution in [0.15, 0.2) is 48.7 Å². The van der Waals surface area contributed by atoms with Gasteiger partial charge >= 0.3 is 0 Å². The van der Waals surface area contributed by atoms with Crippen molar-refractivity contribution in [1.29, 1.82) is 0 Å². The van der Waals surface area contributed by atoms with Crippen molar-refractivity contribution in [3.8, 4) is 5.75 Å². The van der Waals surface area contributed by atoms with E-state index < -0.39 is 5.72 Å². The van der Waals surface area contributed by atoms with Gasteiger partial charge in [-0.3, -0.25) is 14.4 Å². The van der Waals surface area contributed by atoms with Crippen molar-refractivity contribution in [2.24, 2.45) is 0 Å². The molecule has 2 saturated heterocycles. The van der Waals surface area contributed by atoms with Gasteiger partial charge in [0.2, 0.25) is 11.8 Å². The summed E-state index contributed by atoms with van der Waals surface area (Å²) in [6, 6.07) is 12.9. The van der Waals surface area contributed by atoms with E-state index in [9.17, 15) is 14.4 Å². The Labute approximate surface area is 192 Å². The number of likely N-dealkylation sites (tertiary alicyclic amines) is 1. The van der Waals surface area contributed by atoms with Gasteiger partial charge in [0.1, 0.15) is 11.6 Å². The van der Waals surface area contributed by atoms with Crippen LogP contribution in [-0.4, -0.2) is 77.5 Å². The smallest absolute Gasteiger partial charge is 0.258 e. The summed E-state index contributed by atoms with van der Waals surface area (Å²) in [6.45, 7) is 3.00. The van der Waals surface area contributed by atoms with Crippen LogP contribution in [0.5, 0.6) is 5.75 Å². The summed E-state index contributed by atoms with van der Waals surface area (Å²) in [7, 11) is 0. The van der Waals surface area contributed by atoms with Crippen LogP contribution < -0.4 is 15.0 Å². The molecule has 4 heterocycles. The van der Waals surface area contributed by atoms with Gasteiger partial charge in [-0.05, 0) is 24.3 Å². The summed E-state index contributed by atoms with van der Waals surface area (Å²) in [5, 5.41) is 2.96. The molecule has 0 radical (unpaired) electrons. The Morgan fingerprint density at radius 1 is 1.00 bits per heavy atom. The number of amides is 3.